The lowest BCUT2D eigenvalue weighted by Gasteiger charge is -2.15. The minimum absolute atomic E-state index is 0.301. The summed E-state index contributed by atoms with van der Waals surface area (Å²) in [5.74, 6) is 0.301. The van der Waals surface area contributed by atoms with Gasteiger partial charge in [-0.2, -0.15) is 4.31 Å². The molecule has 21 heavy (non-hydrogen) atoms. The van der Waals surface area contributed by atoms with E-state index in [0.29, 0.717) is 37.1 Å². The van der Waals surface area contributed by atoms with Gasteiger partial charge in [-0.05, 0) is 24.9 Å². The first kappa shape index (κ1) is 16.5. The van der Waals surface area contributed by atoms with Crippen LogP contribution >= 0.6 is 0 Å². The van der Waals surface area contributed by atoms with E-state index >= 15 is 0 Å². The molecule has 2 heterocycles. The Morgan fingerprint density at radius 1 is 1.48 bits per heavy atom. The van der Waals surface area contributed by atoms with Crippen LogP contribution < -0.4 is 5.32 Å². The number of hydrogen-bond acceptors (Lipinski definition) is 4. The Morgan fingerprint density at radius 2 is 2.24 bits per heavy atom. The standard InChI is InChI=1S/C14H25N3O3S/c1-4-15-8-13-7-14(10-16(13)2)21(18,19)17-6-5-12(9-17)11-20-3/h7,10,12,15H,4-6,8-9,11H2,1-3H3. The van der Waals surface area contributed by atoms with Gasteiger partial charge in [-0.3, -0.25) is 0 Å². The summed E-state index contributed by atoms with van der Waals surface area (Å²) in [4.78, 5) is 0.385. The fourth-order valence-electron chi connectivity index (χ4n) is 2.68. The molecule has 1 saturated heterocycles. The van der Waals surface area contributed by atoms with Gasteiger partial charge in [0.15, 0.2) is 0 Å². The van der Waals surface area contributed by atoms with Crippen molar-refractivity contribution in [3.63, 3.8) is 0 Å². The summed E-state index contributed by atoms with van der Waals surface area (Å²) in [5.41, 5.74) is 0.975. The molecule has 0 aromatic carbocycles. The lowest BCUT2D eigenvalue weighted by atomic mass is 10.1. The molecule has 1 atom stereocenters. The number of aryl methyl sites for hydroxylation is 1. The van der Waals surface area contributed by atoms with Crippen LogP contribution in [0.1, 0.15) is 19.0 Å². The van der Waals surface area contributed by atoms with Crippen LogP contribution in [-0.4, -0.2) is 50.6 Å². The van der Waals surface area contributed by atoms with E-state index in [2.05, 4.69) is 5.32 Å². The Bertz CT molecular complexity index is 568. The fourth-order valence-corrected chi connectivity index (χ4v) is 4.31. The normalized spacial score (nSPS) is 20.2. The van der Waals surface area contributed by atoms with Crippen molar-refractivity contribution in [2.45, 2.75) is 24.8 Å². The van der Waals surface area contributed by atoms with Gasteiger partial charge in [0.1, 0.15) is 4.90 Å². The Hall–Kier alpha value is -0.890. The summed E-state index contributed by atoms with van der Waals surface area (Å²) in [7, 11) is 0.145. The predicted molar refractivity (Wildman–Crippen MR) is 81.5 cm³/mol. The zero-order chi connectivity index (χ0) is 15.5. The largest absolute Gasteiger partial charge is 0.384 e. The maximum atomic E-state index is 12.7. The van der Waals surface area contributed by atoms with Crippen molar-refractivity contribution in [3.05, 3.63) is 18.0 Å². The molecule has 6 nitrogen and oxygen atoms in total. The van der Waals surface area contributed by atoms with Crippen LogP contribution in [0.2, 0.25) is 0 Å². The monoisotopic (exact) mass is 315 g/mol. The molecule has 7 heteroatoms. The van der Waals surface area contributed by atoms with Crippen molar-refractivity contribution in [2.24, 2.45) is 13.0 Å². The third kappa shape index (κ3) is 3.66. The number of nitrogens with zero attached hydrogens (tertiary/aromatic N) is 2. The molecule has 120 valence electrons. The highest BCUT2D eigenvalue weighted by molar-refractivity contribution is 7.89. The molecule has 1 unspecified atom stereocenters. The smallest absolute Gasteiger partial charge is 0.244 e. The highest BCUT2D eigenvalue weighted by atomic mass is 32.2. The molecule has 1 aliphatic heterocycles. The Balaban J connectivity index is 2.13. The Kier molecular flexibility index (Phi) is 5.43. The van der Waals surface area contributed by atoms with Gasteiger partial charge in [0.2, 0.25) is 10.0 Å². The van der Waals surface area contributed by atoms with Crippen LogP contribution in [-0.2, 0) is 28.4 Å². The summed E-state index contributed by atoms with van der Waals surface area (Å²) in [6, 6.07) is 1.77. The minimum Gasteiger partial charge on any atom is -0.384 e. The number of methoxy groups -OCH3 is 1. The minimum atomic E-state index is -3.39. The second kappa shape index (κ2) is 6.91. The Morgan fingerprint density at radius 3 is 2.90 bits per heavy atom. The number of ether oxygens (including phenoxy) is 1. The van der Waals surface area contributed by atoms with Gasteiger partial charge in [0, 0.05) is 45.7 Å². The van der Waals surface area contributed by atoms with E-state index in [-0.39, 0.29) is 0 Å². The number of rotatable bonds is 7. The molecule has 0 spiro atoms. The van der Waals surface area contributed by atoms with Crippen molar-refractivity contribution in [1.82, 2.24) is 14.2 Å². The zero-order valence-corrected chi connectivity index (χ0v) is 13.8. The number of sulfonamides is 1. The summed E-state index contributed by atoms with van der Waals surface area (Å²) in [6.07, 6.45) is 2.57. The second-order valence-electron chi connectivity index (χ2n) is 5.53. The Labute approximate surface area is 127 Å². The maximum Gasteiger partial charge on any atom is 0.244 e. The highest BCUT2D eigenvalue weighted by Crippen LogP contribution is 2.25. The second-order valence-corrected chi connectivity index (χ2v) is 7.47. The molecule has 1 N–H and O–H groups in total. The van der Waals surface area contributed by atoms with Crippen LogP contribution in [0.5, 0.6) is 0 Å². The molecular formula is C14H25N3O3S. The van der Waals surface area contributed by atoms with Gasteiger partial charge in [0.25, 0.3) is 0 Å². The third-order valence-corrected chi connectivity index (χ3v) is 5.76. The highest BCUT2D eigenvalue weighted by Gasteiger charge is 2.33. The van der Waals surface area contributed by atoms with E-state index < -0.39 is 10.0 Å². The first-order valence-corrected chi connectivity index (χ1v) is 8.78. The van der Waals surface area contributed by atoms with E-state index in [9.17, 15) is 8.42 Å². The molecule has 1 fully saturated rings. The van der Waals surface area contributed by atoms with Gasteiger partial charge < -0.3 is 14.6 Å². The first-order valence-electron chi connectivity index (χ1n) is 7.34. The topological polar surface area (TPSA) is 63.6 Å². The van der Waals surface area contributed by atoms with Crippen LogP contribution in [0, 0.1) is 5.92 Å². The maximum absolute atomic E-state index is 12.7. The first-order chi connectivity index (χ1) is 9.98. The third-order valence-electron chi connectivity index (χ3n) is 3.93. The van der Waals surface area contributed by atoms with Gasteiger partial charge >= 0.3 is 0 Å². The summed E-state index contributed by atoms with van der Waals surface area (Å²) in [5, 5.41) is 3.22. The molecule has 0 saturated carbocycles. The fraction of sp³-hybridized carbons (Fsp3) is 0.714. The zero-order valence-electron chi connectivity index (χ0n) is 13.0. The van der Waals surface area contributed by atoms with Crippen molar-refractivity contribution >= 4 is 10.0 Å². The SMILES string of the molecule is CCNCc1cc(S(=O)(=O)N2CCC(COC)C2)cn1C. The van der Waals surface area contributed by atoms with E-state index in [4.69, 9.17) is 4.74 Å². The molecule has 1 aromatic heterocycles. The number of aromatic nitrogens is 1. The number of hydrogen-bond donors (Lipinski definition) is 1. The molecule has 0 bridgehead atoms. The van der Waals surface area contributed by atoms with E-state index in [1.165, 1.54) is 0 Å². The molecular weight excluding hydrogens is 290 g/mol. The van der Waals surface area contributed by atoms with Gasteiger partial charge in [-0.15, -0.1) is 0 Å². The average Bonchev–Trinajstić information content (AvgIpc) is 3.05. The lowest BCUT2D eigenvalue weighted by Crippen LogP contribution is -2.29. The molecule has 1 aromatic rings. The quantitative estimate of drug-likeness (QED) is 0.808. The van der Waals surface area contributed by atoms with Crippen LogP contribution in [0.3, 0.4) is 0 Å². The predicted octanol–water partition coefficient (Wildman–Crippen LogP) is 0.792. The van der Waals surface area contributed by atoms with E-state index in [1.54, 1.807) is 23.7 Å². The van der Waals surface area contributed by atoms with Crippen LogP contribution in [0.4, 0.5) is 0 Å². The lowest BCUT2D eigenvalue weighted by molar-refractivity contribution is 0.157. The molecule has 1 aliphatic rings. The summed E-state index contributed by atoms with van der Waals surface area (Å²) >= 11 is 0. The average molecular weight is 315 g/mol. The summed E-state index contributed by atoms with van der Waals surface area (Å²) < 4.78 is 33.9. The number of nitrogens with one attached hydrogen (secondary N) is 1. The van der Waals surface area contributed by atoms with Crippen LogP contribution in [0.15, 0.2) is 17.2 Å². The van der Waals surface area contributed by atoms with E-state index in [0.717, 1.165) is 18.7 Å². The van der Waals surface area contributed by atoms with Gasteiger partial charge in [-0.1, -0.05) is 6.92 Å². The van der Waals surface area contributed by atoms with Crippen molar-refractivity contribution < 1.29 is 13.2 Å². The van der Waals surface area contributed by atoms with Crippen molar-refractivity contribution in [3.8, 4) is 0 Å². The van der Waals surface area contributed by atoms with Gasteiger partial charge in [0.05, 0.1) is 6.61 Å². The van der Waals surface area contributed by atoms with E-state index in [1.807, 2.05) is 18.5 Å². The molecule has 0 amide bonds. The molecule has 0 aliphatic carbocycles. The van der Waals surface area contributed by atoms with Gasteiger partial charge in [-0.25, -0.2) is 8.42 Å². The molecule has 0 radical (unpaired) electrons. The van der Waals surface area contributed by atoms with Crippen molar-refractivity contribution in [1.29, 1.82) is 0 Å². The summed E-state index contributed by atoms with van der Waals surface area (Å²) in [6.45, 7) is 5.31. The van der Waals surface area contributed by atoms with Crippen molar-refractivity contribution in [2.75, 3.05) is 33.4 Å². The molecule has 2 rings (SSSR count). The van der Waals surface area contributed by atoms with Crippen LogP contribution in [0.25, 0.3) is 0 Å².